The van der Waals surface area contributed by atoms with Crippen LogP contribution in [-0.2, 0) is 36.6 Å². The van der Waals surface area contributed by atoms with Gasteiger partial charge >= 0.3 is 0 Å². The standard InChI is InChI=1S/C53H69N3O11/c1-8-34-31-54-17-14-35-26-47(60-4)49(62-6)28-40(35)45(54)24-37(34)25-46-41-29-50(63-7)48(61-5)27-36(41)15-18-55(46)52(59)51-30-42(43-32-56(33(3)58)44-13-11-10-12-38(43)44)39(53(67-51)66-9-2)16-20-64-22-23-65-21-19-57/h10-13,26-30,32,34,37,39,42,45-46,53,57H,8-9,14-25,31H2,1-7H3/t34-,37+,39-,42-,45-,46+,53+/m0/s1. The number of amides is 1. The van der Waals surface area contributed by atoms with E-state index in [1.165, 1.54) is 11.1 Å². The van der Waals surface area contributed by atoms with Crippen LogP contribution >= 0.6 is 0 Å². The van der Waals surface area contributed by atoms with Gasteiger partial charge in [0.25, 0.3) is 5.91 Å². The molecule has 4 aliphatic rings. The number of fused-ring (bicyclic) bond motifs is 5. The number of aliphatic hydroxyl groups is 1. The highest BCUT2D eigenvalue weighted by atomic mass is 16.7. The molecule has 1 fully saturated rings. The number of aliphatic hydroxyl groups excluding tert-OH is 1. The number of allylic oxidation sites excluding steroid dienone is 1. The zero-order chi connectivity index (χ0) is 47.2. The van der Waals surface area contributed by atoms with Crippen molar-refractivity contribution in [2.45, 2.75) is 83.6 Å². The van der Waals surface area contributed by atoms with Crippen LogP contribution in [0.4, 0.5) is 0 Å². The van der Waals surface area contributed by atoms with Crippen molar-refractivity contribution in [3.63, 3.8) is 0 Å². The van der Waals surface area contributed by atoms with Gasteiger partial charge in [-0.15, -0.1) is 0 Å². The minimum Gasteiger partial charge on any atom is -0.493 e. The van der Waals surface area contributed by atoms with Gasteiger partial charge in [-0.2, -0.15) is 0 Å². The Morgan fingerprint density at radius 3 is 2.12 bits per heavy atom. The summed E-state index contributed by atoms with van der Waals surface area (Å²) in [6.45, 7) is 9.89. The molecule has 0 radical (unpaired) electrons. The largest absolute Gasteiger partial charge is 0.493 e. The fraction of sp³-hybridized carbons (Fsp3) is 0.547. The smallest absolute Gasteiger partial charge is 0.289 e. The minimum absolute atomic E-state index is 0.0492. The van der Waals surface area contributed by atoms with Crippen molar-refractivity contribution in [1.29, 1.82) is 0 Å². The van der Waals surface area contributed by atoms with Crippen LogP contribution in [0.15, 0.2) is 66.6 Å². The molecule has 4 aromatic rings. The van der Waals surface area contributed by atoms with Crippen molar-refractivity contribution >= 4 is 22.7 Å². The van der Waals surface area contributed by atoms with Crippen LogP contribution in [0.3, 0.4) is 0 Å². The van der Waals surface area contributed by atoms with E-state index in [-0.39, 0.29) is 60.6 Å². The van der Waals surface area contributed by atoms with Crippen molar-refractivity contribution in [3.05, 3.63) is 94.4 Å². The number of piperidine rings is 1. The Hall–Kier alpha value is -5.12. The molecule has 1 aromatic heterocycles. The van der Waals surface area contributed by atoms with E-state index in [4.69, 9.17) is 43.0 Å². The second kappa shape index (κ2) is 21.9. The lowest BCUT2D eigenvalue weighted by molar-refractivity contribution is -0.173. The normalized spacial score (nSPS) is 23.7. The zero-order valence-corrected chi connectivity index (χ0v) is 40.3. The lowest BCUT2D eigenvalue weighted by Gasteiger charge is -2.49. The Morgan fingerprint density at radius 1 is 0.791 bits per heavy atom. The van der Waals surface area contributed by atoms with E-state index in [1.807, 2.05) is 48.4 Å². The highest BCUT2D eigenvalue weighted by Crippen LogP contribution is 2.50. The third kappa shape index (κ3) is 9.92. The molecule has 1 amide bonds. The van der Waals surface area contributed by atoms with Crippen LogP contribution in [0, 0.1) is 17.8 Å². The summed E-state index contributed by atoms with van der Waals surface area (Å²) in [5.41, 5.74) is 6.50. The van der Waals surface area contributed by atoms with Crippen LogP contribution in [-0.4, -0.2) is 125 Å². The summed E-state index contributed by atoms with van der Waals surface area (Å²) in [7, 11) is 6.70. The fourth-order valence-corrected chi connectivity index (χ4v) is 11.3. The van der Waals surface area contributed by atoms with E-state index in [9.17, 15) is 4.79 Å². The van der Waals surface area contributed by atoms with Crippen LogP contribution in [0.25, 0.3) is 10.9 Å². The topological polar surface area (TPSA) is 140 Å². The van der Waals surface area contributed by atoms with E-state index in [1.54, 1.807) is 39.9 Å². The Labute approximate surface area is 395 Å². The van der Waals surface area contributed by atoms with Gasteiger partial charge in [-0.3, -0.25) is 19.1 Å². The Bertz CT molecular complexity index is 2400. The van der Waals surface area contributed by atoms with Crippen LogP contribution in [0.1, 0.15) is 97.1 Å². The first-order chi connectivity index (χ1) is 32.7. The molecule has 8 rings (SSSR count). The maximum absolute atomic E-state index is 15.6. The van der Waals surface area contributed by atoms with E-state index in [0.29, 0.717) is 63.2 Å². The van der Waals surface area contributed by atoms with Crippen molar-refractivity contribution < 1.29 is 52.6 Å². The van der Waals surface area contributed by atoms with Gasteiger partial charge < -0.3 is 47.9 Å². The number of nitrogens with zero attached hydrogens (tertiary/aromatic N) is 3. The van der Waals surface area contributed by atoms with Gasteiger partial charge in [-0.25, -0.2) is 0 Å². The molecule has 14 nitrogen and oxygen atoms in total. The molecule has 7 atom stereocenters. The molecule has 1 saturated heterocycles. The van der Waals surface area contributed by atoms with E-state index < -0.39 is 6.29 Å². The van der Waals surface area contributed by atoms with Crippen molar-refractivity contribution in [3.8, 4) is 23.0 Å². The third-order valence-corrected chi connectivity index (χ3v) is 14.7. The molecule has 67 heavy (non-hydrogen) atoms. The highest BCUT2D eigenvalue weighted by molar-refractivity contribution is 5.95. The second-order valence-corrected chi connectivity index (χ2v) is 18.1. The number of carbonyl (C=O) groups excluding carboxylic acids is 2. The molecule has 0 saturated carbocycles. The predicted molar refractivity (Wildman–Crippen MR) is 254 cm³/mol. The average Bonchev–Trinajstić information content (AvgIpc) is 3.75. The molecular formula is C53H69N3O11. The molecular weight excluding hydrogens is 855 g/mol. The number of ether oxygens (including phenoxy) is 8. The van der Waals surface area contributed by atoms with Gasteiger partial charge in [0.2, 0.25) is 12.2 Å². The number of methoxy groups -OCH3 is 4. The number of hydrogen-bond acceptors (Lipinski definition) is 12. The first kappa shape index (κ1) is 48.3. The number of hydrogen-bond donors (Lipinski definition) is 1. The number of rotatable bonds is 19. The van der Waals surface area contributed by atoms with Gasteiger partial charge in [0.05, 0.1) is 66.4 Å². The minimum atomic E-state index is -0.775. The molecule has 14 heteroatoms. The lowest BCUT2D eigenvalue weighted by atomic mass is 9.72. The van der Waals surface area contributed by atoms with Gasteiger partial charge in [0, 0.05) is 69.2 Å². The van der Waals surface area contributed by atoms with Gasteiger partial charge in [0.15, 0.2) is 28.8 Å². The van der Waals surface area contributed by atoms with Crippen LogP contribution < -0.4 is 18.9 Å². The Morgan fingerprint density at radius 2 is 1.45 bits per heavy atom. The highest BCUT2D eigenvalue weighted by Gasteiger charge is 2.45. The second-order valence-electron chi connectivity index (χ2n) is 18.1. The van der Waals surface area contributed by atoms with Gasteiger partial charge in [-0.1, -0.05) is 31.5 Å². The molecule has 0 unspecified atom stereocenters. The van der Waals surface area contributed by atoms with E-state index in [2.05, 4.69) is 36.1 Å². The number of para-hydroxylation sites is 1. The predicted octanol–water partition coefficient (Wildman–Crippen LogP) is 7.89. The lowest BCUT2D eigenvalue weighted by Crippen LogP contribution is -2.48. The average molecular weight is 924 g/mol. The number of carbonyl (C=O) groups is 2. The molecule has 362 valence electrons. The molecule has 5 heterocycles. The summed E-state index contributed by atoms with van der Waals surface area (Å²) in [6.07, 6.45) is 7.94. The van der Waals surface area contributed by atoms with E-state index >= 15 is 4.79 Å². The summed E-state index contributed by atoms with van der Waals surface area (Å²) in [4.78, 5) is 33.4. The number of benzene rings is 3. The molecule has 0 spiro atoms. The summed E-state index contributed by atoms with van der Waals surface area (Å²) in [5, 5.41) is 10.1. The molecule has 0 bridgehead atoms. The van der Waals surface area contributed by atoms with Crippen molar-refractivity contribution in [1.82, 2.24) is 14.4 Å². The third-order valence-electron chi connectivity index (χ3n) is 14.7. The fourth-order valence-electron chi connectivity index (χ4n) is 11.3. The maximum atomic E-state index is 15.6. The summed E-state index contributed by atoms with van der Waals surface area (Å²) >= 11 is 0. The SMILES string of the molecule is CCO[C@@H]1OC(C(=O)N2CCc3cc(OC)c(OC)cc3[C@H]2C[C@H]2C[C@H]3c4cc(OC)c(OC)cc4CCN3C[C@@H]2CC)=C[C@H](c2cn(C(C)=O)c3ccccc23)[C@@H]1CCOCCOCCO. The Balaban J connectivity index is 1.18. The molecule has 3 aromatic carbocycles. The Kier molecular flexibility index (Phi) is 15.8. The summed E-state index contributed by atoms with van der Waals surface area (Å²) in [5.74, 6) is 2.80. The zero-order valence-electron chi connectivity index (χ0n) is 40.3. The van der Waals surface area contributed by atoms with E-state index in [0.717, 1.165) is 77.9 Å². The van der Waals surface area contributed by atoms with Crippen molar-refractivity contribution in [2.75, 3.05) is 87.7 Å². The van der Waals surface area contributed by atoms with Crippen LogP contribution in [0.5, 0.6) is 23.0 Å². The van der Waals surface area contributed by atoms with Gasteiger partial charge in [-0.05, 0) is 115 Å². The maximum Gasteiger partial charge on any atom is 0.289 e. The van der Waals surface area contributed by atoms with Gasteiger partial charge in [0.1, 0.15) is 0 Å². The monoisotopic (exact) mass is 923 g/mol. The molecule has 1 N–H and O–H groups in total. The first-order valence-corrected chi connectivity index (χ1v) is 24.1. The first-order valence-electron chi connectivity index (χ1n) is 24.1. The summed E-state index contributed by atoms with van der Waals surface area (Å²) < 4.78 is 49.6. The summed E-state index contributed by atoms with van der Waals surface area (Å²) in [6, 6.07) is 16.3. The number of aromatic nitrogens is 1. The quantitative estimate of drug-likeness (QED) is 0.0916. The molecule has 0 aliphatic carbocycles. The van der Waals surface area contributed by atoms with Crippen LogP contribution in [0.2, 0.25) is 0 Å². The molecule has 4 aliphatic heterocycles. The van der Waals surface area contributed by atoms with Crippen molar-refractivity contribution in [2.24, 2.45) is 17.8 Å².